The molecule has 0 aromatic heterocycles. The fourth-order valence-electron chi connectivity index (χ4n) is 2.77. The number of rotatable bonds is 7. The van der Waals surface area contributed by atoms with Gasteiger partial charge in [-0.3, -0.25) is 4.90 Å². The summed E-state index contributed by atoms with van der Waals surface area (Å²) in [5.74, 6) is 0. The maximum Gasteiger partial charge on any atom is 0.0223 e. The van der Waals surface area contributed by atoms with Gasteiger partial charge in [0.1, 0.15) is 0 Å². The second kappa shape index (κ2) is 6.72. The molecule has 0 saturated carbocycles. The van der Waals surface area contributed by atoms with Gasteiger partial charge in [0.15, 0.2) is 0 Å². The van der Waals surface area contributed by atoms with Crippen LogP contribution in [0.3, 0.4) is 0 Å². The fraction of sp³-hybridized carbons (Fsp3) is 1.00. The highest BCUT2D eigenvalue weighted by Crippen LogP contribution is 2.17. The smallest absolute Gasteiger partial charge is 0.0223 e. The molecular weight excluding hydrogens is 210 g/mol. The van der Waals surface area contributed by atoms with Gasteiger partial charge < -0.3 is 10.6 Å². The van der Waals surface area contributed by atoms with E-state index < -0.39 is 0 Å². The van der Waals surface area contributed by atoms with E-state index in [2.05, 4.69) is 37.6 Å². The van der Waals surface area contributed by atoms with Crippen LogP contribution >= 0.6 is 0 Å². The third kappa shape index (κ3) is 5.84. The molecule has 102 valence electrons. The number of nitrogens with zero attached hydrogens (tertiary/aromatic N) is 2. The summed E-state index contributed by atoms with van der Waals surface area (Å²) >= 11 is 0. The minimum absolute atomic E-state index is 0.0103. The van der Waals surface area contributed by atoms with E-state index in [1.54, 1.807) is 0 Å². The Kier molecular flexibility index (Phi) is 5.90. The second-order valence-electron chi connectivity index (χ2n) is 6.28. The highest BCUT2D eigenvalue weighted by atomic mass is 15.2. The van der Waals surface area contributed by atoms with Crippen LogP contribution in [0.15, 0.2) is 0 Å². The van der Waals surface area contributed by atoms with Gasteiger partial charge in [-0.15, -0.1) is 0 Å². The van der Waals surface area contributed by atoms with Crippen LogP contribution < -0.4 is 5.73 Å². The molecule has 17 heavy (non-hydrogen) atoms. The van der Waals surface area contributed by atoms with Gasteiger partial charge >= 0.3 is 0 Å². The standard InChI is InChI=1S/C14H31N3/c1-5-17-11-6-8-13(17)12-16(4)10-7-9-14(2,3)15/h13H,5-12,15H2,1-4H3. The summed E-state index contributed by atoms with van der Waals surface area (Å²) in [6.07, 6.45) is 5.07. The SMILES string of the molecule is CCN1CCCC1CN(C)CCCC(C)(C)N. The fourth-order valence-corrected chi connectivity index (χ4v) is 2.77. The third-order valence-corrected chi connectivity index (χ3v) is 3.79. The molecule has 1 rings (SSSR count). The van der Waals surface area contributed by atoms with Crippen molar-refractivity contribution in [2.75, 3.05) is 33.2 Å². The van der Waals surface area contributed by atoms with Gasteiger partial charge in [-0.1, -0.05) is 6.92 Å². The Hall–Kier alpha value is -0.120. The summed E-state index contributed by atoms with van der Waals surface area (Å²) in [5, 5.41) is 0. The van der Waals surface area contributed by atoms with Gasteiger partial charge in [0, 0.05) is 18.1 Å². The molecule has 1 unspecified atom stereocenters. The van der Waals surface area contributed by atoms with E-state index in [-0.39, 0.29) is 5.54 Å². The quantitative estimate of drug-likeness (QED) is 0.739. The van der Waals surface area contributed by atoms with Gasteiger partial charge in [0.25, 0.3) is 0 Å². The van der Waals surface area contributed by atoms with E-state index in [1.807, 2.05) is 0 Å². The molecule has 1 heterocycles. The largest absolute Gasteiger partial charge is 0.326 e. The van der Waals surface area contributed by atoms with E-state index in [9.17, 15) is 0 Å². The van der Waals surface area contributed by atoms with Crippen molar-refractivity contribution in [2.24, 2.45) is 5.73 Å². The van der Waals surface area contributed by atoms with Crippen LogP contribution in [0.25, 0.3) is 0 Å². The minimum atomic E-state index is -0.0103. The molecule has 1 aliphatic heterocycles. The normalized spacial score (nSPS) is 22.6. The van der Waals surface area contributed by atoms with Crippen molar-refractivity contribution in [2.45, 2.75) is 58.0 Å². The lowest BCUT2D eigenvalue weighted by Crippen LogP contribution is -2.39. The van der Waals surface area contributed by atoms with Gasteiger partial charge in [-0.25, -0.2) is 0 Å². The van der Waals surface area contributed by atoms with Crippen LogP contribution in [0.2, 0.25) is 0 Å². The van der Waals surface area contributed by atoms with Crippen LogP contribution in [0.4, 0.5) is 0 Å². The van der Waals surface area contributed by atoms with Gasteiger partial charge in [0.05, 0.1) is 0 Å². The van der Waals surface area contributed by atoms with E-state index >= 15 is 0 Å². The monoisotopic (exact) mass is 241 g/mol. The third-order valence-electron chi connectivity index (χ3n) is 3.79. The molecule has 3 heteroatoms. The lowest BCUT2D eigenvalue weighted by atomic mass is 10.00. The van der Waals surface area contributed by atoms with E-state index in [1.165, 1.54) is 45.4 Å². The van der Waals surface area contributed by atoms with Crippen molar-refractivity contribution in [1.82, 2.24) is 9.80 Å². The molecule has 0 spiro atoms. The summed E-state index contributed by atoms with van der Waals surface area (Å²) in [6, 6.07) is 0.788. The van der Waals surface area contributed by atoms with Crippen molar-refractivity contribution < 1.29 is 0 Å². The summed E-state index contributed by atoms with van der Waals surface area (Å²) in [4.78, 5) is 5.09. The van der Waals surface area contributed by atoms with Crippen LogP contribution in [-0.4, -0.2) is 54.6 Å². The molecule has 0 aromatic carbocycles. The molecule has 1 fully saturated rings. The first-order valence-corrected chi connectivity index (χ1v) is 7.14. The van der Waals surface area contributed by atoms with Crippen molar-refractivity contribution >= 4 is 0 Å². The van der Waals surface area contributed by atoms with Crippen LogP contribution in [0, 0.1) is 0 Å². The summed E-state index contributed by atoms with van der Waals surface area (Å²) < 4.78 is 0. The van der Waals surface area contributed by atoms with Crippen molar-refractivity contribution in [3.05, 3.63) is 0 Å². The molecular formula is C14H31N3. The minimum Gasteiger partial charge on any atom is -0.326 e. The molecule has 1 aliphatic rings. The second-order valence-corrected chi connectivity index (χ2v) is 6.28. The molecule has 0 amide bonds. The number of nitrogens with two attached hydrogens (primary N) is 1. The van der Waals surface area contributed by atoms with Crippen molar-refractivity contribution in [3.63, 3.8) is 0 Å². The maximum atomic E-state index is 6.00. The number of likely N-dealkylation sites (N-methyl/N-ethyl adjacent to an activating group) is 2. The van der Waals surface area contributed by atoms with Crippen molar-refractivity contribution in [1.29, 1.82) is 0 Å². The zero-order valence-corrected chi connectivity index (χ0v) is 12.2. The predicted molar refractivity (Wildman–Crippen MR) is 75.3 cm³/mol. The zero-order valence-electron chi connectivity index (χ0n) is 12.2. The van der Waals surface area contributed by atoms with Gasteiger partial charge in [-0.05, 0) is 66.2 Å². The lowest BCUT2D eigenvalue weighted by molar-refractivity contribution is 0.195. The molecule has 2 N–H and O–H groups in total. The van der Waals surface area contributed by atoms with Gasteiger partial charge in [-0.2, -0.15) is 0 Å². The molecule has 0 bridgehead atoms. The number of hydrogen-bond acceptors (Lipinski definition) is 3. The first-order chi connectivity index (χ1) is 7.92. The molecule has 0 aliphatic carbocycles. The van der Waals surface area contributed by atoms with E-state index in [0.29, 0.717) is 0 Å². The molecule has 1 saturated heterocycles. The topological polar surface area (TPSA) is 32.5 Å². The Morgan fingerprint density at radius 1 is 1.41 bits per heavy atom. The molecule has 1 atom stereocenters. The average molecular weight is 241 g/mol. The average Bonchev–Trinajstić information content (AvgIpc) is 2.63. The first-order valence-electron chi connectivity index (χ1n) is 7.14. The molecule has 0 aromatic rings. The molecule has 3 nitrogen and oxygen atoms in total. The van der Waals surface area contributed by atoms with Crippen LogP contribution in [-0.2, 0) is 0 Å². The predicted octanol–water partition coefficient (Wildman–Crippen LogP) is 1.92. The number of likely N-dealkylation sites (tertiary alicyclic amines) is 1. The lowest BCUT2D eigenvalue weighted by Gasteiger charge is -2.28. The number of hydrogen-bond donors (Lipinski definition) is 1. The van der Waals surface area contributed by atoms with E-state index in [4.69, 9.17) is 5.73 Å². The molecule has 0 radical (unpaired) electrons. The van der Waals surface area contributed by atoms with Crippen LogP contribution in [0.5, 0.6) is 0 Å². The highest BCUT2D eigenvalue weighted by Gasteiger charge is 2.23. The first kappa shape index (κ1) is 14.9. The van der Waals surface area contributed by atoms with Gasteiger partial charge in [0.2, 0.25) is 0 Å². The van der Waals surface area contributed by atoms with E-state index in [0.717, 1.165) is 12.5 Å². The summed E-state index contributed by atoms with van der Waals surface area (Å²) in [5.41, 5.74) is 5.99. The Bertz CT molecular complexity index is 210. The van der Waals surface area contributed by atoms with Crippen molar-refractivity contribution in [3.8, 4) is 0 Å². The van der Waals surface area contributed by atoms with Crippen LogP contribution in [0.1, 0.15) is 46.5 Å². The summed E-state index contributed by atoms with van der Waals surface area (Å²) in [6.45, 7) is 11.4. The Labute approximate surface area is 107 Å². The Balaban J connectivity index is 2.18. The zero-order chi connectivity index (χ0) is 12.9. The Morgan fingerprint density at radius 3 is 2.71 bits per heavy atom. The summed E-state index contributed by atoms with van der Waals surface area (Å²) in [7, 11) is 2.25. The highest BCUT2D eigenvalue weighted by molar-refractivity contribution is 4.81. The maximum absolute atomic E-state index is 6.00. The Morgan fingerprint density at radius 2 is 2.12 bits per heavy atom.